The summed E-state index contributed by atoms with van der Waals surface area (Å²) in [6.07, 6.45) is -3.37. The summed E-state index contributed by atoms with van der Waals surface area (Å²) < 4.78 is 45.7. The Hall–Kier alpha value is -1.47. The van der Waals surface area contributed by atoms with E-state index in [0.717, 1.165) is 18.5 Å². The summed E-state index contributed by atoms with van der Waals surface area (Å²) in [4.78, 5) is 0. The van der Waals surface area contributed by atoms with Gasteiger partial charge < -0.3 is 15.4 Å². The lowest BCUT2D eigenvalue weighted by Gasteiger charge is -2.29. The van der Waals surface area contributed by atoms with Gasteiger partial charge in [-0.15, -0.1) is 24.8 Å². The highest BCUT2D eigenvalue weighted by molar-refractivity contribution is 5.85. The van der Waals surface area contributed by atoms with Gasteiger partial charge >= 0.3 is 6.18 Å². The molecule has 0 bridgehead atoms. The Morgan fingerprint density at radius 2 is 1.73 bits per heavy atom. The number of alkyl halides is 3. The number of ether oxygens (including phenoxy) is 1. The molecule has 3 nitrogen and oxygen atoms in total. The van der Waals surface area contributed by atoms with E-state index in [1.54, 1.807) is 12.1 Å². The number of nitrogens with one attached hydrogen (secondary N) is 2. The van der Waals surface area contributed by atoms with Crippen LogP contribution in [-0.4, -0.2) is 25.9 Å². The monoisotopic (exact) mass is 464 g/mol. The molecule has 0 saturated carbocycles. The number of halogens is 5. The summed E-state index contributed by atoms with van der Waals surface area (Å²) >= 11 is 0. The molecule has 1 aliphatic rings. The van der Waals surface area contributed by atoms with Crippen LogP contribution < -0.4 is 15.4 Å². The summed E-state index contributed by atoms with van der Waals surface area (Å²) in [5.41, 5.74) is 0.254. The molecular formula is C22H29Cl2F3N2O. The summed E-state index contributed by atoms with van der Waals surface area (Å²) in [6, 6.07) is 15.3. The second kappa shape index (κ2) is 10.7. The van der Waals surface area contributed by atoms with Crippen molar-refractivity contribution >= 4 is 24.8 Å². The molecule has 1 fully saturated rings. The molecule has 2 N–H and O–H groups in total. The van der Waals surface area contributed by atoms with E-state index in [-0.39, 0.29) is 42.5 Å². The molecule has 0 radical (unpaired) electrons. The predicted octanol–water partition coefficient (Wildman–Crippen LogP) is 5.57. The maximum atomic E-state index is 13.4. The summed E-state index contributed by atoms with van der Waals surface area (Å²) in [5.74, 6) is 0.594. The van der Waals surface area contributed by atoms with Gasteiger partial charge in [0.15, 0.2) is 0 Å². The van der Waals surface area contributed by atoms with Gasteiger partial charge in [-0.1, -0.05) is 36.4 Å². The molecule has 2 atom stereocenters. The second-order valence-electron chi connectivity index (χ2n) is 7.77. The summed E-state index contributed by atoms with van der Waals surface area (Å²) in [7, 11) is 1.54. The molecule has 2 aromatic rings. The van der Waals surface area contributed by atoms with Crippen molar-refractivity contribution in [2.24, 2.45) is 0 Å². The van der Waals surface area contributed by atoms with Crippen LogP contribution in [0.15, 0.2) is 48.5 Å². The first kappa shape index (κ1) is 26.6. The van der Waals surface area contributed by atoms with E-state index in [0.29, 0.717) is 12.3 Å². The fourth-order valence-electron chi connectivity index (χ4n) is 3.64. The number of hydrogen-bond donors (Lipinski definition) is 2. The third kappa shape index (κ3) is 5.61. The lowest BCUT2D eigenvalue weighted by molar-refractivity contribution is -0.180. The van der Waals surface area contributed by atoms with Crippen molar-refractivity contribution in [3.8, 4) is 5.75 Å². The fourth-order valence-corrected chi connectivity index (χ4v) is 3.64. The second-order valence-corrected chi connectivity index (χ2v) is 7.77. The highest BCUT2D eigenvalue weighted by Gasteiger charge is 2.48. The topological polar surface area (TPSA) is 33.3 Å². The van der Waals surface area contributed by atoms with Crippen LogP contribution in [-0.2, 0) is 12.0 Å². The van der Waals surface area contributed by atoms with Crippen LogP contribution in [0.5, 0.6) is 5.75 Å². The van der Waals surface area contributed by atoms with E-state index in [1.807, 2.05) is 18.2 Å². The van der Waals surface area contributed by atoms with Crippen LogP contribution in [0.25, 0.3) is 0 Å². The summed E-state index contributed by atoms with van der Waals surface area (Å²) in [6.45, 7) is 3.76. The zero-order valence-corrected chi connectivity index (χ0v) is 18.9. The third-order valence-corrected chi connectivity index (χ3v) is 5.65. The molecule has 1 aliphatic heterocycles. The molecule has 168 valence electrons. The lowest BCUT2D eigenvalue weighted by Crippen LogP contribution is -2.37. The van der Waals surface area contributed by atoms with Crippen molar-refractivity contribution in [3.05, 3.63) is 65.2 Å². The molecule has 8 heteroatoms. The largest absolute Gasteiger partial charge is 0.496 e. The highest BCUT2D eigenvalue weighted by Crippen LogP contribution is 2.41. The number of hydrogen-bond acceptors (Lipinski definition) is 3. The van der Waals surface area contributed by atoms with E-state index in [2.05, 4.69) is 22.8 Å². The SMILES string of the molecule is COc1ccc(C(C)(C)C(F)(F)F)cc1CN[C@H]1CCN[C@H]1c1ccccc1.Cl.Cl. The first-order chi connectivity index (χ1) is 13.2. The summed E-state index contributed by atoms with van der Waals surface area (Å²) in [5, 5.41) is 7.02. The molecule has 1 heterocycles. The highest BCUT2D eigenvalue weighted by atomic mass is 35.5. The van der Waals surface area contributed by atoms with E-state index in [4.69, 9.17) is 4.74 Å². The van der Waals surface area contributed by atoms with Crippen molar-refractivity contribution in [1.29, 1.82) is 0 Å². The van der Waals surface area contributed by atoms with Crippen molar-refractivity contribution in [2.45, 2.75) is 50.5 Å². The van der Waals surface area contributed by atoms with Gasteiger partial charge in [0.25, 0.3) is 0 Å². The molecule has 0 amide bonds. The van der Waals surface area contributed by atoms with Gasteiger partial charge in [0.05, 0.1) is 12.5 Å². The van der Waals surface area contributed by atoms with Crippen molar-refractivity contribution < 1.29 is 17.9 Å². The minimum Gasteiger partial charge on any atom is -0.496 e. The average molecular weight is 465 g/mol. The molecule has 2 aromatic carbocycles. The number of rotatable bonds is 6. The van der Waals surface area contributed by atoms with Crippen LogP contribution in [0, 0.1) is 0 Å². The Kier molecular flexibility index (Phi) is 9.49. The van der Waals surface area contributed by atoms with Gasteiger partial charge in [-0.3, -0.25) is 0 Å². The maximum Gasteiger partial charge on any atom is 0.397 e. The van der Waals surface area contributed by atoms with Crippen LogP contribution in [0.2, 0.25) is 0 Å². The standard InChI is InChI=1S/C22H27F3N2O.2ClH/c1-21(2,22(23,24)25)17-9-10-19(28-3)16(13-17)14-27-18-11-12-26-20(18)15-7-5-4-6-8-15;;/h4-10,13,18,20,26-27H,11-12,14H2,1-3H3;2*1H/t18-,20-;;/m0../s1. The minimum atomic E-state index is -4.32. The zero-order valence-electron chi connectivity index (χ0n) is 17.3. The normalized spacial score (nSPS) is 19.0. The molecule has 0 aromatic heterocycles. The van der Waals surface area contributed by atoms with E-state index in [1.165, 1.54) is 32.6 Å². The Morgan fingerprint density at radius 3 is 2.33 bits per heavy atom. The quantitative estimate of drug-likeness (QED) is 0.585. The number of benzene rings is 2. The van der Waals surface area contributed by atoms with Crippen LogP contribution in [0.3, 0.4) is 0 Å². The molecule has 1 saturated heterocycles. The van der Waals surface area contributed by atoms with E-state index in [9.17, 15) is 13.2 Å². The first-order valence-electron chi connectivity index (χ1n) is 9.50. The van der Waals surface area contributed by atoms with Crippen LogP contribution in [0.4, 0.5) is 13.2 Å². The van der Waals surface area contributed by atoms with E-state index >= 15 is 0 Å². The Balaban J connectivity index is 0.00000225. The molecule has 3 rings (SSSR count). The molecule has 30 heavy (non-hydrogen) atoms. The van der Waals surface area contributed by atoms with Crippen molar-refractivity contribution in [3.63, 3.8) is 0 Å². The zero-order chi connectivity index (χ0) is 20.4. The number of methoxy groups -OCH3 is 1. The lowest BCUT2D eigenvalue weighted by atomic mass is 9.83. The van der Waals surface area contributed by atoms with Gasteiger partial charge in [-0.25, -0.2) is 0 Å². The fraction of sp³-hybridized carbons (Fsp3) is 0.455. The maximum absolute atomic E-state index is 13.4. The third-order valence-electron chi connectivity index (χ3n) is 5.65. The van der Waals surface area contributed by atoms with Crippen LogP contribution in [0.1, 0.15) is 43.0 Å². The van der Waals surface area contributed by atoms with Gasteiger partial charge in [-0.2, -0.15) is 13.2 Å². The Bertz CT molecular complexity index is 801. The predicted molar refractivity (Wildman–Crippen MR) is 119 cm³/mol. The first-order valence-corrected chi connectivity index (χ1v) is 9.50. The molecule has 0 spiro atoms. The molecule has 0 unspecified atom stereocenters. The van der Waals surface area contributed by atoms with Crippen molar-refractivity contribution in [2.75, 3.05) is 13.7 Å². The Labute approximate surface area is 188 Å². The average Bonchev–Trinajstić information content (AvgIpc) is 3.14. The van der Waals surface area contributed by atoms with Gasteiger partial charge in [0, 0.05) is 24.2 Å². The van der Waals surface area contributed by atoms with Crippen LogP contribution >= 0.6 is 24.8 Å². The van der Waals surface area contributed by atoms with E-state index < -0.39 is 11.6 Å². The van der Waals surface area contributed by atoms with Crippen molar-refractivity contribution in [1.82, 2.24) is 10.6 Å². The van der Waals surface area contributed by atoms with Gasteiger partial charge in [0.1, 0.15) is 5.75 Å². The molecular weight excluding hydrogens is 436 g/mol. The van der Waals surface area contributed by atoms with Gasteiger partial charge in [0.2, 0.25) is 0 Å². The molecule has 0 aliphatic carbocycles. The smallest absolute Gasteiger partial charge is 0.397 e. The van der Waals surface area contributed by atoms with Gasteiger partial charge in [-0.05, 0) is 50.1 Å². The minimum absolute atomic E-state index is 0. The Morgan fingerprint density at radius 1 is 1.07 bits per heavy atom.